The van der Waals surface area contributed by atoms with Crippen molar-refractivity contribution < 1.29 is 18.0 Å². The van der Waals surface area contributed by atoms with Gasteiger partial charge in [-0.3, -0.25) is 4.79 Å². The number of pyridine rings is 1. The maximum atomic E-state index is 12.7. The van der Waals surface area contributed by atoms with Gasteiger partial charge in [0.15, 0.2) is 0 Å². The van der Waals surface area contributed by atoms with Gasteiger partial charge in [0.05, 0.1) is 16.5 Å². The van der Waals surface area contributed by atoms with Crippen molar-refractivity contribution in [2.75, 3.05) is 23.3 Å². The van der Waals surface area contributed by atoms with Gasteiger partial charge in [-0.05, 0) is 36.6 Å². The van der Waals surface area contributed by atoms with E-state index in [9.17, 15) is 18.0 Å². The Hall–Kier alpha value is -2.48. The number of carbonyl (C=O) groups is 1. The molecule has 28 heavy (non-hydrogen) atoms. The van der Waals surface area contributed by atoms with E-state index in [4.69, 9.17) is 17.3 Å². The van der Waals surface area contributed by atoms with Crippen LogP contribution in [-0.2, 0) is 17.5 Å². The van der Waals surface area contributed by atoms with Gasteiger partial charge in [-0.25, -0.2) is 4.98 Å². The Bertz CT molecular complexity index is 842. The predicted octanol–water partition coefficient (Wildman–Crippen LogP) is 4.07. The molecule has 1 atom stereocenters. The van der Waals surface area contributed by atoms with Crippen LogP contribution in [0.3, 0.4) is 0 Å². The summed E-state index contributed by atoms with van der Waals surface area (Å²) in [6, 6.07) is 8.57. The van der Waals surface area contributed by atoms with Crippen LogP contribution >= 0.6 is 11.6 Å². The number of benzene rings is 1. The largest absolute Gasteiger partial charge is 0.417 e. The van der Waals surface area contributed by atoms with E-state index in [2.05, 4.69) is 15.2 Å². The summed E-state index contributed by atoms with van der Waals surface area (Å²) < 4.78 is 38.0. The number of hydrogen-bond donors (Lipinski definition) is 2. The van der Waals surface area contributed by atoms with Crippen molar-refractivity contribution in [1.29, 1.82) is 0 Å². The molecule has 1 amide bonds. The average Bonchev–Trinajstić information content (AvgIpc) is 2.67. The zero-order valence-corrected chi connectivity index (χ0v) is 15.7. The summed E-state index contributed by atoms with van der Waals surface area (Å²) in [5, 5.41) is 2.86. The maximum Gasteiger partial charge on any atom is 0.417 e. The molecular weight excluding hydrogens is 393 g/mol. The highest BCUT2D eigenvalue weighted by Gasteiger charge is 2.31. The summed E-state index contributed by atoms with van der Waals surface area (Å²) in [5.74, 6) is -0.214. The van der Waals surface area contributed by atoms with Crippen LogP contribution in [0.4, 0.5) is 24.7 Å². The Morgan fingerprint density at radius 1 is 1.32 bits per heavy atom. The molecule has 1 fully saturated rings. The number of nitrogens with one attached hydrogen (secondary N) is 1. The van der Waals surface area contributed by atoms with Crippen LogP contribution in [0.15, 0.2) is 36.5 Å². The second kappa shape index (κ2) is 8.26. The Kier molecular flexibility index (Phi) is 5.98. The first-order chi connectivity index (χ1) is 13.2. The van der Waals surface area contributed by atoms with E-state index >= 15 is 0 Å². The van der Waals surface area contributed by atoms with Crippen LogP contribution < -0.4 is 16.0 Å². The summed E-state index contributed by atoms with van der Waals surface area (Å²) in [6.07, 6.45) is -2.00. The van der Waals surface area contributed by atoms with E-state index in [1.165, 1.54) is 0 Å². The third-order valence-corrected chi connectivity index (χ3v) is 5.04. The van der Waals surface area contributed by atoms with Crippen molar-refractivity contribution in [3.05, 3.63) is 52.7 Å². The van der Waals surface area contributed by atoms with Crippen molar-refractivity contribution in [1.82, 2.24) is 4.98 Å². The molecule has 1 aromatic carbocycles. The highest BCUT2D eigenvalue weighted by Crippen LogP contribution is 2.32. The van der Waals surface area contributed by atoms with Crippen LogP contribution in [0.5, 0.6) is 0 Å². The molecule has 0 aliphatic carbocycles. The van der Waals surface area contributed by atoms with Gasteiger partial charge in [-0.2, -0.15) is 13.2 Å². The number of hydrogen-bond acceptors (Lipinski definition) is 4. The summed E-state index contributed by atoms with van der Waals surface area (Å²) in [7, 11) is 0. The number of anilines is 2. The molecule has 3 N–H and O–H groups in total. The van der Waals surface area contributed by atoms with Gasteiger partial charge >= 0.3 is 6.18 Å². The highest BCUT2D eigenvalue weighted by atomic mass is 35.5. The topological polar surface area (TPSA) is 71.2 Å². The third kappa shape index (κ3) is 4.86. The second-order valence-electron chi connectivity index (χ2n) is 6.76. The minimum atomic E-state index is -4.48. The number of alkyl halides is 3. The van der Waals surface area contributed by atoms with Crippen molar-refractivity contribution in [2.45, 2.75) is 25.6 Å². The summed E-state index contributed by atoms with van der Waals surface area (Å²) in [6.45, 7) is 1.84. The van der Waals surface area contributed by atoms with Crippen LogP contribution in [0, 0.1) is 5.92 Å². The van der Waals surface area contributed by atoms with Crippen LogP contribution in [0.25, 0.3) is 0 Å². The molecule has 3 rings (SSSR count). The van der Waals surface area contributed by atoms with Gasteiger partial charge in [0.25, 0.3) is 0 Å². The van der Waals surface area contributed by atoms with Crippen molar-refractivity contribution in [3.63, 3.8) is 0 Å². The molecule has 2 heterocycles. The number of nitrogens with two attached hydrogens (primary N) is 1. The van der Waals surface area contributed by atoms with Crippen LogP contribution in [0.2, 0.25) is 5.02 Å². The Balaban J connectivity index is 1.61. The minimum Gasteiger partial charge on any atom is -0.371 e. The van der Waals surface area contributed by atoms with E-state index in [1.807, 2.05) is 24.3 Å². The lowest BCUT2D eigenvalue weighted by Crippen LogP contribution is -2.41. The Morgan fingerprint density at radius 3 is 2.64 bits per heavy atom. The van der Waals surface area contributed by atoms with Gasteiger partial charge in [0.1, 0.15) is 5.82 Å². The number of nitrogens with zero attached hydrogens (tertiary/aromatic N) is 2. The number of carbonyl (C=O) groups excluding carboxylic acids is 1. The number of amides is 1. The number of rotatable bonds is 5. The predicted molar refractivity (Wildman–Crippen MR) is 102 cm³/mol. The second-order valence-corrected chi connectivity index (χ2v) is 7.17. The van der Waals surface area contributed by atoms with Gasteiger partial charge in [-0.15, -0.1) is 0 Å². The Labute approximate surface area is 165 Å². The molecule has 1 aliphatic rings. The average molecular weight is 413 g/mol. The van der Waals surface area contributed by atoms with E-state index < -0.39 is 11.7 Å². The maximum absolute atomic E-state index is 12.7. The van der Waals surface area contributed by atoms with Gasteiger partial charge in [-0.1, -0.05) is 23.7 Å². The smallest absolute Gasteiger partial charge is 0.371 e. The highest BCUT2D eigenvalue weighted by molar-refractivity contribution is 6.32. The SMILES string of the molecule is NC(=O)[C@@H]1CCCN(c2ccc(CNc3ncc(C(F)(F)F)cc3Cl)cc2)C1. The number of primary amides is 1. The molecule has 0 radical (unpaired) electrons. The molecule has 0 spiro atoms. The molecule has 1 aliphatic heterocycles. The molecule has 0 unspecified atom stereocenters. The quantitative estimate of drug-likeness (QED) is 0.776. The molecule has 9 heteroatoms. The van der Waals surface area contributed by atoms with Crippen LogP contribution in [0.1, 0.15) is 24.0 Å². The normalized spacial score (nSPS) is 17.4. The van der Waals surface area contributed by atoms with E-state index in [1.54, 1.807) is 0 Å². The molecule has 0 saturated carbocycles. The fraction of sp³-hybridized carbons (Fsp3) is 0.368. The molecule has 150 valence electrons. The fourth-order valence-electron chi connectivity index (χ4n) is 3.18. The number of halogens is 4. The van der Waals surface area contributed by atoms with Crippen molar-refractivity contribution in [2.24, 2.45) is 11.7 Å². The summed E-state index contributed by atoms with van der Waals surface area (Å²) in [4.78, 5) is 17.3. The lowest BCUT2D eigenvalue weighted by Gasteiger charge is -2.33. The van der Waals surface area contributed by atoms with E-state index in [-0.39, 0.29) is 22.7 Å². The summed E-state index contributed by atoms with van der Waals surface area (Å²) in [5.41, 5.74) is 6.45. The van der Waals surface area contributed by atoms with E-state index in [0.29, 0.717) is 13.1 Å². The van der Waals surface area contributed by atoms with Gasteiger partial charge in [0, 0.05) is 31.5 Å². The zero-order chi connectivity index (χ0) is 20.3. The zero-order valence-electron chi connectivity index (χ0n) is 15.0. The first-order valence-corrected chi connectivity index (χ1v) is 9.21. The monoisotopic (exact) mass is 412 g/mol. The standard InChI is InChI=1S/C19H20ClF3N4O/c20-16-8-14(19(21,22)23)10-26-18(16)25-9-12-3-5-15(6-4-12)27-7-1-2-13(11-27)17(24)28/h3-6,8,10,13H,1-2,7,9,11H2,(H2,24,28)(H,25,26)/t13-/m1/s1. The Morgan fingerprint density at radius 2 is 2.04 bits per heavy atom. The molecular formula is C19H20ClF3N4O. The molecule has 5 nitrogen and oxygen atoms in total. The molecule has 2 aromatic rings. The van der Waals surface area contributed by atoms with Crippen molar-refractivity contribution in [3.8, 4) is 0 Å². The molecule has 0 bridgehead atoms. The van der Waals surface area contributed by atoms with Gasteiger partial charge in [0.2, 0.25) is 5.91 Å². The number of aromatic nitrogens is 1. The molecule has 1 saturated heterocycles. The fourth-order valence-corrected chi connectivity index (χ4v) is 3.41. The van der Waals surface area contributed by atoms with Gasteiger partial charge < -0.3 is 16.0 Å². The third-order valence-electron chi connectivity index (χ3n) is 4.75. The minimum absolute atomic E-state index is 0.0859. The lowest BCUT2D eigenvalue weighted by atomic mass is 9.97. The summed E-state index contributed by atoms with van der Waals surface area (Å²) >= 11 is 5.90. The van der Waals surface area contributed by atoms with Crippen LogP contribution in [-0.4, -0.2) is 24.0 Å². The number of piperidine rings is 1. The first kappa shape index (κ1) is 20.3. The lowest BCUT2D eigenvalue weighted by molar-refractivity contribution is -0.137. The first-order valence-electron chi connectivity index (χ1n) is 8.84. The van der Waals surface area contributed by atoms with Crippen molar-refractivity contribution >= 4 is 29.0 Å². The van der Waals surface area contributed by atoms with E-state index in [0.717, 1.165) is 42.9 Å². The molecule has 1 aromatic heterocycles.